The topological polar surface area (TPSA) is 43.4 Å². The molecule has 2 aromatic rings. The van der Waals surface area contributed by atoms with Crippen molar-refractivity contribution in [2.24, 2.45) is 0 Å². The molecule has 0 fully saturated rings. The molecule has 0 amide bonds. The van der Waals surface area contributed by atoms with Crippen LogP contribution in [0.5, 0.6) is 11.5 Å². The van der Waals surface area contributed by atoms with Crippen LogP contribution >= 0.6 is 27.5 Å². The van der Waals surface area contributed by atoms with Crippen molar-refractivity contribution in [3.8, 4) is 11.5 Å². The Labute approximate surface area is 136 Å². The summed E-state index contributed by atoms with van der Waals surface area (Å²) in [5.41, 5.74) is 1.08. The van der Waals surface area contributed by atoms with Gasteiger partial charge in [0, 0.05) is 13.0 Å². The minimum Gasteiger partial charge on any atom is -0.490 e. The van der Waals surface area contributed by atoms with Crippen LogP contribution in [-0.2, 0) is 6.54 Å². The van der Waals surface area contributed by atoms with E-state index in [9.17, 15) is 0 Å². The van der Waals surface area contributed by atoms with Crippen molar-refractivity contribution in [3.63, 3.8) is 0 Å². The first-order valence-electron chi connectivity index (χ1n) is 6.67. The van der Waals surface area contributed by atoms with E-state index in [1.807, 2.05) is 24.3 Å². The predicted molar refractivity (Wildman–Crippen MR) is 86.3 cm³/mol. The van der Waals surface area contributed by atoms with E-state index in [0.717, 1.165) is 33.8 Å². The second-order valence-corrected chi connectivity index (χ2v) is 5.90. The van der Waals surface area contributed by atoms with Gasteiger partial charge >= 0.3 is 0 Å². The lowest BCUT2D eigenvalue weighted by Gasteiger charge is -2.12. The van der Waals surface area contributed by atoms with Gasteiger partial charge in [0.2, 0.25) is 0 Å². The molecular weight excluding hydrogens is 356 g/mol. The number of hydrogen-bond donors (Lipinski definition) is 1. The number of anilines is 1. The third-order valence-corrected chi connectivity index (χ3v) is 3.85. The van der Waals surface area contributed by atoms with Crippen molar-refractivity contribution in [2.45, 2.75) is 13.0 Å². The van der Waals surface area contributed by atoms with Gasteiger partial charge in [-0.05, 0) is 45.8 Å². The van der Waals surface area contributed by atoms with Gasteiger partial charge in [-0.25, -0.2) is 4.98 Å². The van der Waals surface area contributed by atoms with Crippen LogP contribution in [0.4, 0.5) is 5.82 Å². The summed E-state index contributed by atoms with van der Waals surface area (Å²) in [6, 6.07) is 9.50. The molecule has 1 aromatic carbocycles. The second kappa shape index (κ2) is 6.54. The molecule has 1 aliphatic heterocycles. The Balaban J connectivity index is 1.77. The van der Waals surface area contributed by atoms with Crippen LogP contribution in [0.25, 0.3) is 0 Å². The average Bonchev–Trinajstić information content (AvgIpc) is 2.71. The lowest BCUT2D eigenvalue weighted by molar-refractivity contribution is 0.296. The maximum atomic E-state index is 5.87. The highest BCUT2D eigenvalue weighted by Gasteiger charge is 2.15. The van der Waals surface area contributed by atoms with Crippen LogP contribution in [0.3, 0.4) is 0 Å². The van der Waals surface area contributed by atoms with E-state index >= 15 is 0 Å². The molecular formula is C15H14BrClN2O2. The highest BCUT2D eigenvalue weighted by atomic mass is 79.9. The van der Waals surface area contributed by atoms with Crippen LogP contribution in [0.2, 0.25) is 5.15 Å². The minimum absolute atomic E-state index is 0.472. The molecule has 21 heavy (non-hydrogen) atoms. The molecule has 0 saturated carbocycles. The number of nitrogens with zero attached hydrogens (tertiary/aromatic N) is 1. The van der Waals surface area contributed by atoms with E-state index in [4.69, 9.17) is 21.1 Å². The van der Waals surface area contributed by atoms with E-state index in [1.165, 1.54) is 0 Å². The van der Waals surface area contributed by atoms with Crippen LogP contribution in [-0.4, -0.2) is 18.2 Å². The molecule has 0 radical (unpaired) electrons. The van der Waals surface area contributed by atoms with Crippen molar-refractivity contribution >= 4 is 33.3 Å². The number of nitrogens with one attached hydrogen (secondary N) is 1. The largest absolute Gasteiger partial charge is 0.490 e. The van der Waals surface area contributed by atoms with E-state index in [1.54, 1.807) is 6.07 Å². The molecule has 0 aliphatic carbocycles. The van der Waals surface area contributed by atoms with Crippen molar-refractivity contribution in [3.05, 3.63) is 45.5 Å². The van der Waals surface area contributed by atoms with Gasteiger partial charge in [0.25, 0.3) is 0 Å². The monoisotopic (exact) mass is 368 g/mol. The SMILES string of the molecule is Clc1cccc(NCc2cc(Br)c3c(c2)OCCCO3)n1. The Morgan fingerprint density at radius 1 is 1.24 bits per heavy atom. The molecule has 1 aromatic heterocycles. The number of hydrogen-bond acceptors (Lipinski definition) is 4. The van der Waals surface area contributed by atoms with Gasteiger partial charge in [0.15, 0.2) is 11.5 Å². The summed E-state index contributed by atoms with van der Waals surface area (Å²) >= 11 is 9.41. The fourth-order valence-corrected chi connectivity index (χ4v) is 2.85. The maximum absolute atomic E-state index is 5.87. The fourth-order valence-electron chi connectivity index (χ4n) is 2.09. The van der Waals surface area contributed by atoms with Crippen LogP contribution in [0.15, 0.2) is 34.8 Å². The number of pyridine rings is 1. The summed E-state index contributed by atoms with van der Waals surface area (Å²) < 4.78 is 12.3. The van der Waals surface area contributed by atoms with Crippen molar-refractivity contribution < 1.29 is 9.47 Å². The van der Waals surface area contributed by atoms with E-state index in [0.29, 0.717) is 24.9 Å². The van der Waals surface area contributed by atoms with E-state index in [2.05, 4.69) is 26.2 Å². The molecule has 4 nitrogen and oxygen atoms in total. The molecule has 0 unspecified atom stereocenters. The van der Waals surface area contributed by atoms with Gasteiger partial charge in [-0.15, -0.1) is 0 Å². The molecule has 2 heterocycles. The number of fused-ring (bicyclic) bond motifs is 1. The summed E-state index contributed by atoms with van der Waals surface area (Å²) in [7, 11) is 0. The quantitative estimate of drug-likeness (QED) is 0.821. The van der Waals surface area contributed by atoms with Crippen LogP contribution in [0, 0.1) is 0 Å². The number of halogens is 2. The predicted octanol–water partition coefficient (Wildman–Crippen LogP) is 4.27. The summed E-state index contributed by atoms with van der Waals surface area (Å²) in [6.07, 6.45) is 0.890. The summed E-state index contributed by atoms with van der Waals surface area (Å²) in [6.45, 7) is 1.98. The first-order valence-corrected chi connectivity index (χ1v) is 7.84. The molecule has 0 atom stereocenters. The highest BCUT2D eigenvalue weighted by molar-refractivity contribution is 9.10. The normalized spacial score (nSPS) is 13.6. The zero-order chi connectivity index (χ0) is 14.7. The Morgan fingerprint density at radius 3 is 2.95 bits per heavy atom. The zero-order valence-electron chi connectivity index (χ0n) is 11.2. The van der Waals surface area contributed by atoms with Crippen molar-refractivity contribution in [1.29, 1.82) is 0 Å². The number of rotatable bonds is 3. The van der Waals surface area contributed by atoms with Gasteiger partial charge in [-0.3, -0.25) is 0 Å². The number of benzene rings is 1. The Bertz CT molecular complexity index is 652. The minimum atomic E-state index is 0.472. The Hall–Kier alpha value is -1.46. The maximum Gasteiger partial charge on any atom is 0.175 e. The van der Waals surface area contributed by atoms with Gasteiger partial charge in [-0.2, -0.15) is 0 Å². The lowest BCUT2D eigenvalue weighted by atomic mass is 10.2. The van der Waals surface area contributed by atoms with Gasteiger partial charge in [0.1, 0.15) is 11.0 Å². The lowest BCUT2D eigenvalue weighted by Crippen LogP contribution is -2.02. The smallest absolute Gasteiger partial charge is 0.175 e. The highest BCUT2D eigenvalue weighted by Crippen LogP contribution is 2.38. The van der Waals surface area contributed by atoms with Gasteiger partial charge in [-0.1, -0.05) is 17.7 Å². The Kier molecular flexibility index (Phi) is 4.51. The number of ether oxygens (including phenoxy) is 2. The summed E-state index contributed by atoms with van der Waals surface area (Å²) in [4.78, 5) is 4.20. The molecule has 1 aliphatic rings. The summed E-state index contributed by atoms with van der Waals surface area (Å²) in [5, 5.41) is 3.71. The van der Waals surface area contributed by atoms with E-state index in [-0.39, 0.29) is 0 Å². The molecule has 110 valence electrons. The average molecular weight is 370 g/mol. The van der Waals surface area contributed by atoms with Crippen LogP contribution < -0.4 is 14.8 Å². The van der Waals surface area contributed by atoms with Crippen molar-refractivity contribution in [1.82, 2.24) is 4.98 Å². The third kappa shape index (κ3) is 3.60. The molecule has 1 N–H and O–H groups in total. The van der Waals surface area contributed by atoms with E-state index < -0.39 is 0 Å². The molecule has 0 saturated heterocycles. The number of aromatic nitrogens is 1. The molecule has 3 rings (SSSR count). The summed E-state index contributed by atoms with van der Waals surface area (Å²) in [5.74, 6) is 2.29. The van der Waals surface area contributed by atoms with Crippen LogP contribution in [0.1, 0.15) is 12.0 Å². The molecule has 6 heteroatoms. The Morgan fingerprint density at radius 2 is 2.10 bits per heavy atom. The fraction of sp³-hybridized carbons (Fsp3) is 0.267. The molecule has 0 bridgehead atoms. The first kappa shape index (κ1) is 14.5. The van der Waals surface area contributed by atoms with Gasteiger partial charge in [0.05, 0.1) is 17.7 Å². The second-order valence-electron chi connectivity index (χ2n) is 4.65. The standard InChI is InChI=1S/C15H14BrClN2O2/c16-11-7-10(8-12-15(11)21-6-2-5-20-12)9-18-14-4-1-3-13(17)19-14/h1,3-4,7-8H,2,5-6,9H2,(H,18,19). The first-order chi connectivity index (χ1) is 10.2. The van der Waals surface area contributed by atoms with Crippen molar-refractivity contribution in [2.75, 3.05) is 18.5 Å². The zero-order valence-corrected chi connectivity index (χ0v) is 13.6. The van der Waals surface area contributed by atoms with Gasteiger partial charge < -0.3 is 14.8 Å². The molecule has 0 spiro atoms. The third-order valence-electron chi connectivity index (χ3n) is 3.05.